The summed E-state index contributed by atoms with van der Waals surface area (Å²) in [5.41, 5.74) is 15.7. The fourth-order valence-corrected chi connectivity index (χ4v) is 3.47. The molecule has 3 rings (SSSR count). The van der Waals surface area contributed by atoms with Crippen molar-refractivity contribution in [1.82, 2.24) is 0 Å². The second-order valence-corrected chi connectivity index (χ2v) is 7.51. The number of nitrogens with two attached hydrogens (primary N) is 2. The third kappa shape index (κ3) is 4.63. The lowest BCUT2D eigenvalue weighted by molar-refractivity contribution is 0.148. The summed E-state index contributed by atoms with van der Waals surface area (Å²) in [6.07, 6.45) is 4.71. The van der Waals surface area contributed by atoms with Gasteiger partial charge in [-0.2, -0.15) is 0 Å². The molecule has 1 aliphatic carbocycles. The highest BCUT2D eigenvalue weighted by atomic mass is 16.5. The summed E-state index contributed by atoms with van der Waals surface area (Å²) in [6.45, 7) is 5.53. The molecule has 4 heteroatoms. The smallest absolute Gasteiger partial charge is 0.142 e. The van der Waals surface area contributed by atoms with Gasteiger partial charge in [0.1, 0.15) is 11.5 Å². The van der Waals surface area contributed by atoms with E-state index in [1.54, 1.807) is 0 Å². The molecule has 0 unspecified atom stereocenters. The maximum Gasteiger partial charge on any atom is 0.142 e. The Labute approximate surface area is 156 Å². The summed E-state index contributed by atoms with van der Waals surface area (Å²) in [6, 6.07) is 11.9. The highest BCUT2D eigenvalue weighted by molar-refractivity contribution is 5.57. The van der Waals surface area contributed by atoms with E-state index in [1.807, 2.05) is 50.2 Å². The Balaban J connectivity index is 1.41. The Morgan fingerprint density at radius 1 is 0.846 bits per heavy atom. The van der Waals surface area contributed by atoms with Crippen LogP contribution in [0.3, 0.4) is 0 Å². The molecule has 0 spiro atoms. The van der Waals surface area contributed by atoms with Gasteiger partial charge in [-0.25, -0.2) is 0 Å². The Morgan fingerprint density at radius 2 is 1.50 bits per heavy atom. The van der Waals surface area contributed by atoms with Crippen LogP contribution in [0, 0.1) is 25.7 Å². The zero-order valence-electron chi connectivity index (χ0n) is 15.8. The summed E-state index contributed by atoms with van der Waals surface area (Å²) in [5.74, 6) is 2.89. The number of nitrogen functional groups attached to an aromatic ring is 2. The van der Waals surface area contributed by atoms with Crippen LogP contribution in [0.25, 0.3) is 0 Å². The lowest BCUT2D eigenvalue weighted by Gasteiger charge is -2.28. The molecular formula is C22H30N2O2. The lowest BCUT2D eigenvalue weighted by atomic mass is 9.83. The molecule has 26 heavy (non-hydrogen) atoms. The van der Waals surface area contributed by atoms with Gasteiger partial charge in [0.25, 0.3) is 0 Å². The Bertz CT molecular complexity index is 737. The first kappa shape index (κ1) is 18.4. The van der Waals surface area contributed by atoms with Crippen LogP contribution in [0.5, 0.6) is 11.5 Å². The molecule has 4 nitrogen and oxygen atoms in total. The van der Waals surface area contributed by atoms with E-state index in [2.05, 4.69) is 0 Å². The predicted octanol–water partition coefficient (Wildman–Crippen LogP) is 4.73. The lowest BCUT2D eigenvalue weighted by Crippen LogP contribution is -2.23. The fourth-order valence-electron chi connectivity index (χ4n) is 3.47. The predicted molar refractivity (Wildman–Crippen MR) is 108 cm³/mol. The van der Waals surface area contributed by atoms with Crippen molar-refractivity contribution in [3.8, 4) is 11.5 Å². The van der Waals surface area contributed by atoms with Crippen LogP contribution in [0.2, 0.25) is 0 Å². The molecular weight excluding hydrogens is 324 g/mol. The Kier molecular flexibility index (Phi) is 5.92. The number of ether oxygens (including phenoxy) is 2. The number of hydrogen-bond donors (Lipinski definition) is 2. The maximum absolute atomic E-state index is 6.08. The van der Waals surface area contributed by atoms with Crippen molar-refractivity contribution in [2.45, 2.75) is 39.5 Å². The zero-order chi connectivity index (χ0) is 18.5. The van der Waals surface area contributed by atoms with Gasteiger partial charge in [0, 0.05) is 11.8 Å². The molecule has 0 radical (unpaired) electrons. The van der Waals surface area contributed by atoms with Gasteiger partial charge in [0.05, 0.1) is 18.9 Å². The minimum Gasteiger partial charge on any atom is -0.493 e. The number of hydrogen-bond acceptors (Lipinski definition) is 4. The number of rotatable bonds is 6. The van der Waals surface area contributed by atoms with Crippen LogP contribution < -0.4 is 20.9 Å². The third-order valence-corrected chi connectivity index (χ3v) is 5.46. The van der Waals surface area contributed by atoms with E-state index in [0.29, 0.717) is 11.8 Å². The van der Waals surface area contributed by atoms with Crippen LogP contribution in [-0.2, 0) is 0 Å². The molecule has 0 bridgehead atoms. The van der Waals surface area contributed by atoms with Crippen molar-refractivity contribution < 1.29 is 9.47 Å². The topological polar surface area (TPSA) is 70.5 Å². The molecule has 2 aromatic rings. The van der Waals surface area contributed by atoms with Gasteiger partial charge in [0.2, 0.25) is 0 Å². The van der Waals surface area contributed by atoms with Gasteiger partial charge in [-0.05, 0) is 74.6 Å². The summed E-state index contributed by atoms with van der Waals surface area (Å²) in [4.78, 5) is 0. The fraction of sp³-hybridized carbons (Fsp3) is 0.455. The van der Waals surface area contributed by atoms with Gasteiger partial charge < -0.3 is 20.9 Å². The van der Waals surface area contributed by atoms with Crippen LogP contribution >= 0.6 is 0 Å². The number of aryl methyl sites for hydroxylation is 2. The first-order valence-corrected chi connectivity index (χ1v) is 9.49. The van der Waals surface area contributed by atoms with Crippen molar-refractivity contribution in [3.63, 3.8) is 0 Å². The maximum atomic E-state index is 6.08. The largest absolute Gasteiger partial charge is 0.493 e. The summed E-state index contributed by atoms with van der Waals surface area (Å²) >= 11 is 0. The van der Waals surface area contributed by atoms with E-state index in [-0.39, 0.29) is 0 Å². The third-order valence-electron chi connectivity index (χ3n) is 5.46. The highest BCUT2D eigenvalue weighted by Crippen LogP contribution is 2.31. The molecule has 0 atom stereocenters. The number of anilines is 2. The highest BCUT2D eigenvalue weighted by Gasteiger charge is 2.22. The molecule has 0 amide bonds. The van der Waals surface area contributed by atoms with Crippen molar-refractivity contribution in [1.29, 1.82) is 0 Å². The quantitative estimate of drug-likeness (QED) is 0.736. The molecule has 1 fully saturated rings. The van der Waals surface area contributed by atoms with Crippen LogP contribution in [0.4, 0.5) is 11.4 Å². The summed E-state index contributed by atoms with van der Waals surface area (Å²) in [7, 11) is 0. The van der Waals surface area contributed by atoms with Crippen molar-refractivity contribution in [2.75, 3.05) is 24.7 Å². The van der Waals surface area contributed by atoms with Crippen molar-refractivity contribution in [2.24, 2.45) is 11.8 Å². The Hall–Kier alpha value is -2.36. The monoisotopic (exact) mass is 354 g/mol. The van der Waals surface area contributed by atoms with Crippen LogP contribution in [-0.4, -0.2) is 13.2 Å². The van der Waals surface area contributed by atoms with Gasteiger partial charge in [-0.15, -0.1) is 0 Å². The Morgan fingerprint density at radius 3 is 2.15 bits per heavy atom. The van der Waals surface area contributed by atoms with Crippen LogP contribution in [0.1, 0.15) is 36.8 Å². The SMILES string of the molecule is Cc1ccc(OCC2CCC(COc3cccc(C)c3N)CC2)cc1N. The molecule has 0 aliphatic heterocycles. The first-order chi connectivity index (χ1) is 12.5. The molecule has 140 valence electrons. The zero-order valence-corrected chi connectivity index (χ0v) is 15.8. The average molecular weight is 354 g/mol. The standard InChI is InChI=1S/C22H30N2O2/c1-15-6-11-19(12-20(15)23)25-13-17-7-9-18(10-8-17)14-26-21-5-3-4-16(2)22(21)24/h3-6,11-12,17-18H,7-10,13-14,23-24H2,1-2H3. The number of benzene rings is 2. The van der Waals surface area contributed by atoms with E-state index in [0.717, 1.165) is 47.2 Å². The van der Waals surface area contributed by atoms with Gasteiger partial charge in [-0.1, -0.05) is 18.2 Å². The van der Waals surface area contributed by atoms with Gasteiger partial charge in [0.15, 0.2) is 0 Å². The van der Waals surface area contributed by atoms with Crippen molar-refractivity contribution in [3.05, 3.63) is 47.5 Å². The summed E-state index contributed by atoms with van der Waals surface area (Å²) in [5, 5.41) is 0. The first-order valence-electron chi connectivity index (χ1n) is 9.49. The molecule has 0 heterocycles. The molecule has 0 aromatic heterocycles. The van der Waals surface area contributed by atoms with Crippen LogP contribution in [0.15, 0.2) is 36.4 Å². The number of para-hydroxylation sites is 1. The average Bonchev–Trinajstić information content (AvgIpc) is 2.65. The van der Waals surface area contributed by atoms with Crippen molar-refractivity contribution >= 4 is 11.4 Å². The molecule has 2 aromatic carbocycles. The molecule has 1 saturated carbocycles. The van der Waals surface area contributed by atoms with E-state index in [1.165, 1.54) is 25.7 Å². The minimum atomic E-state index is 0.598. The van der Waals surface area contributed by atoms with Gasteiger partial charge in [-0.3, -0.25) is 0 Å². The van der Waals surface area contributed by atoms with E-state index < -0.39 is 0 Å². The van der Waals surface area contributed by atoms with E-state index >= 15 is 0 Å². The summed E-state index contributed by atoms with van der Waals surface area (Å²) < 4.78 is 11.9. The van der Waals surface area contributed by atoms with E-state index in [4.69, 9.17) is 20.9 Å². The molecule has 4 N–H and O–H groups in total. The second kappa shape index (κ2) is 8.35. The normalized spacial score (nSPS) is 19.9. The minimum absolute atomic E-state index is 0.598. The molecule has 1 aliphatic rings. The van der Waals surface area contributed by atoms with Gasteiger partial charge >= 0.3 is 0 Å². The van der Waals surface area contributed by atoms with E-state index in [9.17, 15) is 0 Å². The second-order valence-electron chi connectivity index (χ2n) is 7.51. The molecule has 0 saturated heterocycles.